The van der Waals surface area contributed by atoms with Crippen molar-refractivity contribution in [2.75, 3.05) is 0 Å². The van der Waals surface area contributed by atoms with E-state index < -0.39 is 0 Å². The van der Waals surface area contributed by atoms with Crippen LogP contribution in [-0.4, -0.2) is 52.5 Å². The van der Waals surface area contributed by atoms with Crippen LogP contribution in [0.1, 0.15) is 14.9 Å². The first-order chi connectivity index (χ1) is 18.0. The molecule has 17 N–H and O–H groups in total. The lowest BCUT2D eigenvalue weighted by atomic mass is 12.0. The van der Waals surface area contributed by atoms with Gasteiger partial charge in [0.15, 0.2) is 0 Å². The fraction of sp³-hybridized carbons (Fsp3) is 1.00. The fourth-order valence-electron chi connectivity index (χ4n) is 0.222. The molecule has 37 nitrogen and oxygen atoms in total. The predicted molar refractivity (Wildman–Crippen MR) is 95.2 cm³/mol. The third kappa shape index (κ3) is 153. The summed E-state index contributed by atoms with van der Waals surface area (Å²) in [5.41, 5.74) is 9.53. The number of nitrogens with zero attached hydrogens (tertiary/aromatic N) is 6. The largest absolute Gasteiger partial charge is 0.291 e. The molecule has 0 aliphatic heterocycles. The van der Waals surface area contributed by atoms with Gasteiger partial charge < -0.3 is 0 Å². The van der Waals surface area contributed by atoms with Crippen LogP contribution in [0.3, 0.4) is 0 Å². The van der Waals surface area contributed by atoms with Crippen molar-refractivity contribution < 1.29 is 112 Å². The number of hydrogen-bond acceptors (Lipinski definition) is 35. The Kier molecular flexibility index (Phi) is 120. The summed E-state index contributed by atoms with van der Waals surface area (Å²) < 4.78 is 0. The van der Waals surface area contributed by atoms with Gasteiger partial charge in [-0.3, -0.25) is 5.21 Å². The van der Waals surface area contributed by atoms with Crippen LogP contribution in [0.15, 0.2) is 31.7 Å². The molecule has 242 valence electrons. The Bertz CT molecular complexity index is 347. The van der Waals surface area contributed by atoms with Crippen LogP contribution in [0.5, 0.6) is 0 Å². The van der Waals surface area contributed by atoms with Gasteiger partial charge in [0.25, 0.3) is 0 Å². The summed E-state index contributed by atoms with van der Waals surface area (Å²) in [6.07, 6.45) is 0. The maximum atomic E-state index is 8.76. The van der Waals surface area contributed by atoms with E-state index in [-0.39, 0.29) is 14.9 Å². The van der Waals surface area contributed by atoms with Gasteiger partial charge in [-0.1, -0.05) is 30.5 Å². The highest BCUT2D eigenvalue weighted by atomic mass is 17.3. The van der Waals surface area contributed by atoms with Gasteiger partial charge in [-0.15, -0.1) is 36.0 Å². The van der Waals surface area contributed by atoms with E-state index in [1.54, 1.807) is 5.64 Å². The highest BCUT2D eigenvalue weighted by molar-refractivity contribution is 3.97. The average Bonchev–Trinajstić information content (AvgIpc) is 2.92. The molecule has 0 fully saturated rings. The number of rotatable bonds is 17. The van der Waals surface area contributed by atoms with Crippen LogP contribution < -0.4 is 39.4 Å². The summed E-state index contributed by atoms with van der Waals surface area (Å²) in [6, 6.07) is 0. The summed E-state index contributed by atoms with van der Waals surface area (Å²) >= 11 is 0. The van der Waals surface area contributed by atoms with Crippen LogP contribution >= 0.6 is 0 Å². The Morgan fingerprint density at radius 2 is 0.718 bits per heavy atom. The molecule has 0 saturated heterocycles. The molecule has 0 atom stereocenters. The molecule has 0 saturated carbocycles. The minimum atomic E-state index is 0. The van der Waals surface area contributed by atoms with E-state index >= 15 is 0 Å². The van der Waals surface area contributed by atoms with Gasteiger partial charge >= 0.3 is 0 Å². The number of nitrogens with one attached hydrogen (secondary N) is 7. The molecule has 0 heterocycles. The van der Waals surface area contributed by atoms with Gasteiger partial charge in [0.05, 0.1) is 10.6 Å². The van der Waals surface area contributed by atoms with Crippen LogP contribution in [0, 0.1) is 9.81 Å². The molecule has 0 unspecified atom stereocenters. The van der Waals surface area contributed by atoms with Crippen molar-refractivity contribution >= 4 is 0 Å². The van der Waals surface area contributed by atoms with Crippen molar-refractivity contribution in [2.45, 2.75) is 14.9 Å². The van der Waals surface area contributed by atoms with Crippen LogP contribution in [-0.2, 0) is 59.7 Å². The van der Waals surface area contributed by atoms with Gasteiger partial charge in [-0.2, -0.15) is 55.8 Å². The van der Waals surface area contributed by atoms with Crippen molar-refractivity contribution in [1.29, 1.82) is 0 Å². The number of nitroso groups, excluding NO2 is 2. The first kappa shape index (κ1) is 55.7. The Morgan fingerprint density at radius 3 is 0.846 bits per heavy atom. The Balaban J connectivity index is -0.0000000494. The van der Waals surface area contributed by atoms with Crippen LogP contribution in [0.25, 0.3) is 0 Å². The molecule has 0 aromatic rings. The van der Waals surface area contributed by atoms with Crippen molar-refractivity contribution in [1.82, 2.24) is 39.4 Å². The summed E-state index contributed by atoms with van der Waals surface area (Å²) in [4.78, 5) is 55.9. The number of hydrogen-bond donors (Lipinski definition) is 17. The zero-order valence-electron chi connectivity index (χ0n) is 16.4. The second-order valence-electron chi connectivity index (χ2n) is 2.21. The van der Waals surface area contributed by atoms with Crippen LogP contribution in [0.2, 0.25) is 0 Å². The Morgan fingerprint density at radius 1 is 0.436 bits per heavy atom. The molecule has 0 radical (unpaired) electrons. The molecular weight excluding hydrogens is 590 g/mol. The lowest BCUT2D eigenvalue weighted by Gasteiger charge is -2.00. The Labute approximate surface area is 209 Å². The predicted octanol–water partition coefficient (Wildman–Crippen LogP) is -1.84. The topological polar surface area (TPSA) is 506 Å². The minimum Gasteiger partial charge on any atom is -0.291 e. The molecular formula is C2H25N13O24. The van der Waals surface area contributed by atoms with Crippen molar-refractivity contribution in [3.8, 4) is 0 Å². The third-order valence-electron chi connectivity index (χ3n) is 0.735. The lowest BCUT2D eigenvalue weighted by Crippen LogP contribution is -2.30. The quantitative estimate of drug-likeness (QED) is 0.0281. The van der Waals surface area contributed by atoms with E-state index in [0.717, 1.165) is 0 Å². The van der Waals surface area contributed by atoms with E-state index in [2.05, 4.69) is 80.8 Å². The molecule has 0 aromatic carbocycles. The molecule has 0 aromatic heterocycles. The van der Waals surface area contributed by atoms with Gasteiger partial charge in [0, 0.05) is 0 Å². The molecule has 0 aliphatic carbocycles. The van der Waals surface area contributed by atoms with E-state index in [1.807, 2.05) is 10.6 Å². The zero-order valence-corrected chi connectivity index (χ0v) is 16.4. The zero-order chi connectivity index (χ0) is 29.7. The first-order valence-corrected chi connectivity index (χ1v) is 6.05. The summed E-state index contributed by atoms with van der Waals surface area (Å²) in [7, 11) is 0. The normalized spacial score (nSPS) is 8.15. The molecule has 0 spiro atoms. The monoisotopic (exact) mass is 615 g/mol. The molecule has 0 rings (SSSR count). The smallest absolute Gasteiger partial charge is 0.104 e. The molecule has 0 aliphatic rings. The highest BCUT2D eigenvalue weighted by Gasteiger charge is 1.81. The lowest BCUT2D eigenvalue weighted by molar-refractivity contribution is -0.450. The minimum absolute atomic E-state index is 0. The van der Waals surface area contributed by atoms with Gasteiger partial charge in [-0.05, 0) is 22.6 Å². The molecule has 0 bridgehead atoms. The second kappa shape index (κ2) is 83.8. The van der Waals surface area contributed by atoms with Gasteiger partial charge in [0.2, 0.25) is 0 Å². The summed E-state index contributed by atoms with van der Waals surface area (Å²) in [6.45, 7) is 0. The van der Waals surface area contributed by atoms with Crippen molar-refractivity contribution in [2.24, 2.45) is 31.7 Å². The standard InChI is InChI=1S/2CH4.H5N3O6.H4N2O4.2H2N2O4.2H2N2O3/c;;4-8-2-6-1-7-3-9-5;3-1-5-2-6-4;2*3-5-1-2-6-4;2*3-1-2-5-4/h2*1H4;1-5H;1-4H;2*3-4H;2*4H,(H,2,3)/b;;;;2*2-1+;;. The summed E-state index contributed by atoms with van der Waals surface area (Å²) in [5.74, 6) is 0. The van der Waals surface area contributed by atoms with Gasteiger partial charge in [-0.25, -0.2) is 26.3 Å². The second-order valence-corrected chi connectivity index (χ2v) is 2.21. The van der Waals surface area contributed by atoms with Gasteiger partial charge in [0.1, 0.15) is 21.1 Å². The van der Waals surface area contributed by atoms with E-state index in [9.17, 15) is 0 Å². The fourth-order valence-corrected chi connectivity index (χ4v) is 0.222. The maximum Gasteiger partial charge on any atom is 0.104 e. The third-order valence-corrected chi connectivity index (χ3v) is 0.735. The highest BCUT2D eigenvalue weighted by Crippen LogP contribution is 1.70. The first-order valence-electron chi connectivity index (χ1n) is 6.05. The van der Waals surface area contributed by atoms with Crippen LogP contribution in [0.4, 0.5) is 0 Å². The van der Waals surface area contributed by atoms with Crippen molar-refractivity contribution in [3.63, 3.8) is 0 Å². The molecule has 39 heavy (non-hydrogen) atoms. The average molecular weight is 615 g/mol. The molecule has 37 heteroatoms. The van der Waals surface area contributed by atoms with E-state index in [0.29, 0.717) is 0 Å². The van der Waals surface area contributed by atoms with E-state index in [4.69, 9.17) is 62.3 Å². The van der Waals surface area contributed by atoms with Crippen molar-refractivity contribution in [3.05, 3.63) is 9.81 Å². The molecule has 0 amide bonds. The summed E-state index contributed by atoms with van der Waals surface area (Å²) in [5, 5.41) is 86.0. The maximum absolute atomic E-state index is 8.76. The van der Waals surface area contributed by atoms with E-state index in [1.165, 1.54) is 33.8 Å². The SMILES string of the molecule is C.C.O=NNOO.O=NNOO.ONONOO.OO/N=N/OO.OO/N=N/OO.OONONONOO. The Hall–Kier alpha value is -3.72.